The molecule has 26 heavy (non-hydrogen) atoms. The van der Waals surface area contributed by atoms with E-state index in [-0.39, 0.29) is 5.25 Å². The smallest absolute Gasteiger partial charge is 0.317 e. The topological polar surface area (TPSA) is 156 Å². The number of hydrogen-bond acceptors (Lipinski definition) is 7. The fourth-order valence-electron chi connectivity index (χ4n) is 3.40. The van der Waals surface area contributed by atoms with Crippen LogP contribution in [0.4, 0.5) is 0 Å². The Hall–Kier alpha value is -1.85. The molecule has 0 amide bonds. The van der Waals surface area contributed by atoms with E-state index in [2.05, 4.69) is 0 Å². The summed E-state index contributed by atoms with van der Waals surface area (Å²) in [6, 6.07) is -1.11. The van der Waals surface area contributed by atoms with Gasteiger partial charge in [-0.2, -0.15) is 11.8 Å². The van der Waals surface area contributed by atoms with Gasteiger partial charge in [-0.05, 0) is 25.5 Å². The Kier molecular flexibility index (Phi) is 8.82. The van der Waals surface area contributed by atoms with Crippen molar-refractivity contribution in [2.45, 2.75) is 36.6 Å². The molecule has 1 rings (SSSR count). The molecule has 0 saturated heterocycles. The molecule has 148 valence electrons. The summed E-state index contributed by atoms with van der Waals surface area (Å²) in [7, 11) is 0. The lowest BCUT2D eigenvalue weighted by atomic mass is 9.87. The number of carboxylic acids is 4. The molecule has 1 aliphatic carbocycles. The van der Waals surface area contributed by atoms with Crippen molar-refractivity contribution in [2.24, 2.45) is 0 Å². The largest absolute Gasteiger partial charge is 0.480 e. The molecule has 4 N–H and O–H groups in total. The molecular formula is C15H24N2O8S. The van der Waals surface area contributed by atoms with Crippen LogP contribution in [0.1, 0.15) is 19.3 Å². The second-order valence-corrected chi connectivity index (χ2v) is 7.33. The monoisotopic (exact) mass is 392 g/mol. The highest BCUT2D eigenvalue weighted by Crippen LogP contribution is 2.33. The summed E-state index contributed by atoms with van der Waals surface area (Å²) in [6.07, 6.45) is 3.54. The highest BCUT2D eigenvalue weighted by molar-refractivity contribution is 7.99. The third-order valence-corrected chi connectivity index (χ3v) is 5.45. The fraction of sp³-hybridized carbons (Fsp3) is 0.733. The van der Waals surface area contributed by atoms with E-state index in [1.54, 1.807) is 11.8 Å². The number of nitrogens with zero attached hydrogens (tertiary/aromatic N) is 2. The van der Waals surface area contributed by atoms with Crippen molar-refractivity contribution in [3.63, 3.8) is 0 Å². The number of thioether (sulfide) groups is 1. The predicted octanol–water partition coefficient (Wildman–Crippen LogP) is -0.418. The Bertz CT molecular complexity index is 512. The normalized spacial score (nSPS) is 23.1. The summed E-state index contributed by atoms with van der Waals surface area (Å²) < 4.78 is 0. The first-order valence-corrected chi connectivity index (χ1v) is 9.30. The van der Waals surface area contributed by atoms with E-state index < -0.39 is 62.1 Å². The van der Waals surface area contributed by atoms with Crippen LogP contribution in [0.2, 0.25) is 0 Å². The molecule has 1 aliphatic rings. The zero-order chi connectivity index (χ0) is 19.9. The Morgan fingerprint density at radius 2 is 1.15 bits per heavy atom. The molecule has 11 heteroatoms. The maximum Gasteiger partial charge on any atom is 0.317 e. The van der Waals surface area contributed by atoms with Crippen molar-refractivity contribution in [1.29, 1.82) is 0 Å². The third-order valence-electron chi connectivity index (χ3n) is 4.36. The number of carboxylic acid groups (broad SMARTS) is 4. The molecule has 1 saturated carbocycles. The van der Waals surface area contributed by atoms with E-state index >= 15 is 0 Å². The molecule has 0 aromatic heterocycles. The van der Waals surface area contributed by atoms with Crippen LogP contribution in [0.15, 0.2) is 0 Å². The maximum atomic E-state index is 11.2. The quantitative estimate of drug-likeness (QED) is 0.362. The lowest BCUT2D eigenvalue weighted by Gasteiger charge is -2.45. The van der Waals surface area contributed by atoms with Gasteiger partial charge in [0.1, 0.15) is 0 Å². The van der Waals surface area contributed by atoms with Crippen molar-refractivity contribution < 1.29 is 39.6 Å². The van der Waals surface area contributed by atoms with Crippen LogP contribution >= 0.6 is 11.8 Å². The number of hydrogen-bond donors (Lipinski definition) is 4. The van der Waals surface area contributed by atoms with Crippen LogP contribution in [-0.2, 0) is 19.2 Å². The number of rotatable bonds is 11. The van der Waals surface area contributed by atoms with Crippen molar-refractivity contribution >= 4 is 35.6 Å². The maximum absolute atomic E-state index is 11.2. The van der Waals surface area contributed by atoms with Crippen LogP contribution in [-0.4, -0.2) is 104 Å². The minimum atomic E-state index is -1.20. The van der Waals surface area contributed by atoms with E-state index in [0.29, 0.717) is 19.3 Å². The van der Waals surface area contributed by atoms with Gasteiger partial charge < -0.3 is 20.4 Å². The van der Waals surface area contributed by atoms with Gasteiger partial charge in [-0.3, -0.25) is 29.0 Å². The fourth-order valence-corrected chi connectivity index (χ4v) is 4.16. The molecule has 0 heterocycles. The van der Waals surface area contributed by atoms with Crippen molar-refractivity contribution in [3.05, 3.63) is 0 Å². The molecule has 0 aromatic rings. The molecular weight excluding hydrogens is 368 g/mol. The summed E-state index contributed by atoms with van der Waals surface area (Å²) in [5, 5.41) is 36.6. The van der Waals surface area contributed by atoms with E-state index in [4.69, 9.17) is 20.4 Å². The molecule has 0 bridgehead atoms. The second kappa shape index (κ2) is 10.3. The molecule has 3 atom stereocenters. The van der Waals surface area contributed by atoms with Crippen LogP contribution in [0.25, 0.3) is 0 Å². The first-order valence-electron chi connectivity index (χ1n) is 8.02. The molecule has 0 spiro atoms. The Balaban J connectivity index is 3.15. The average Bonchev–Trinajstić information content (AvgIpc) is 2.51. The van der Waals surface area contributed by atoms with E-state index in [9.17, 15) is 19.2 Å². The van der Waals surface area contributed by atoms with Gasteiger partial charge in [0.05, 0.1) is 26.2 Å². The highest BCUT2D eigenvalue weighted by atomic mass is 32.2. The second-order valence-electron chi connectivity index (χ2n) is 6.19. The van der Waals surface area contributed by atoms with Gasteiger partial charge in [-0.1, -0.05) is 0 Å². The van der Waals surface area contributed by atoms with Gasteiger partial charge in [0.25, 0.3) is 0 Å². The van der Waals surface area contributed by atoms with Gasteiger partial charge in [-0.15, -0.1) is 0 Å². The zero-order valence-electron chi connectivity index (χ0n) is 14.4. The Morgan fingerprint density at radius 1 is 0.769 bits per heavy atom. The van der Waals surface area contributed by atoms with Crippen molar-refractivity contribution in [1.82, 2.24) is 9.80 Å². The number of carbonyl (C=O) groups is 4. The lowest BCUT2D eigenvalue weighted by Crippen LogP contribution is -2.58. The number of aliphatic carboxylic acids is 4. The van der Waals surface area contributed by atoms with Gasteiger partial charge in [-0.25, -0.2) is 0 Å². The van der Waals surface area contributed by atoms with Gasteiger partial charge >= 0.3 is 23.9 Å². The van der Waals surface area contributed by atoms with Crippen LogP contribution in [0.5, 0.6) is 0 Å². The van der Waals surface area contributed by atoms with Crippen molar-refractivity contribution in [2.75, 3.05) is 32.4 Å². The summed E-state index contributed by atoms with van der Waals surface area (Å²) >= 11 is 1.57. The Labute approximate surface area is 154 Å². The van der Waals surface area contributed by atoms with Crippen molar-refractivity contribution in [3.8, 4) is 0 Å². The molecule has 3 unspecified atom stereocenters. The summed E-state index contributed by atoms with van der Waals surface area (Å²) in [4.78, 5) is 47.2. The van der Waals surface area contributed by atoms with E-state index in [1.807, 2.05) is 6.26 Å². The molecule has 0 aromatic carbocycles. The Morgan fingerprint density at radius 3 is 1.50 bits per heavy atom. The minimum Gasteiger partial charge on any atom is -0.480 e. The van der Waals surface area contributed by atoms with Gasteiger partial charge in [0.2, 0.25) is 0 Å². The molecule has 0 aliphatic heterocycles. The van der Waals surface area contributed by atoms with Crippen LogP contribution < -0.4 is 0 Å². The lowest BCUT2D eigenvalue weighted by molar-refractivity contribution is -0.149. The van der Waals surface area contributed by atoms with E-state index in [0.717, 1.165) is 0 Å². The van der Waals surface area contributed by atoms with Gasteiger partial charge in [0, 0.05) is 17.3 Å². The minimum absolute atomic E-state index is 0.165. The molecule has 0 radical (unpaired) electrons. The first kappa shape index (κ1) is 22.2. The zero-order valence-corrected chi connectivity index (χ0v) is 15.2. The molecule has 1 fully saturated rings. The third kappa shape index (κ3) is 7.18. The summed E-state index contributed by atoms with van der Waals surface area (Å²) in [5.74, 6) is -4.78. The predicted molar refractivity (Wildman–Crippen MR) is 92.4 cm³/mol. The SMILES string of the molecule is CSC1CCC(N(CC(=O)O)CC(=O)O)C(N(CC(=O)O)CC(=O)O)C1. The van der Waals surface area contributed by atoms with Crippen LogP contribution in [0, 0.1) is 0 Å². The summed E-state index contributed by atoms with van der Waals surface area (Å²) in [5.41, 5.74) is 0. The van der Waals surface area contributed by atoms with E-state index in [1.165, 1.54) is 9.80 Å². The highest BCUT2D eigenvalue weighted by Gasteiger charge is 2.39. The average molecular weight is 392 g/mol. The standard InChI is InChI=1S/C15H24N2O8S/c1-26-9-2-3-10(16(5-12(18)19)6-13(20)21)11(4-9)17(7-14(22)23)8-15(24)25/h9-11H,2-8H2,1H3,(H,18,19)(H,20,21)(H,22,23)(H,24,25). The van der Waals surface area contributed by atoms with Crippen LogP contribution in [0.3, 0.4) is 0 Å². The summed E-state index contributed by atoms with van der Waals surface area (Å²) in [6.45, 7) is -2.04. The molecule has 10 nitrogen and oxygen atoms in total. The van der Waals surface area contributed by atoms with Gasteiger partial charge in [0.15, 0.2) is 0 Å². The first-order chi connectivity index (χ1) is 12.1.